The molecule has 92 valence electrons. The third kappa shape index (κ3) is 2.64. The third-order valence-corrected chi connectivity index (χ3v) is 3.34. The van der Waals surface area contributed by atoms with E-state index < -0.39 is 5.60 Å². The molecule has 1 saturated heterocycles. The van der Waals surface area contributed by atoms with Gasteiger partial charge >= 0.3 is 0 Å². The Morgan fingerprint density at radius 2 is 2.12 bits per heavy atom. The predicted molar refractivity (Wildman–Crippen MR) is 64.7 cm³/mol. The Morgan fingerprint density at radius 1 is 1.47 bits per heavy atom. The van der Waals surface area contributed by atoms with Crippen molar-refractivity contribution in [1.29, 1.82) is 0 Å². The van der Waals surface area contributed by atoms with Crippen molar-refractivity contribution in [3.8, 4) is 0 Å². The summed E-state index contributed by atoms with van der Waals surface area (Å²) in [4.78, 5) is 18.1. The second-order valence-corrected chi connectivity index (χ2v) is 4.96. The number of pyridine rings is 1. The molecule has 1 aromatic heterocycles. The Balaban J connectivity index is 2.10. The Labute approximate surface area is 101 Å². The maximum Gasteiger partial charge on any atom is 0.272 e. The quantitative estimate of drug-likeness (QED) is 0.798. The average Bonchev–Trinajstić information content (AvgIpc) is 2.29. The van der Waals surface area contributed by atoms with Crippen molar-refractivity contribution in [3.05, 3.63) is 29.6 Å². The number of carbonyl (C=O) groups is 1. The maximum atomic E-state index is 12.2. The molecule has 1 fully saturated rings. The van der Waals surface area contributed by atoms with Gasteiger partial charge in [0.15, 0.2) is 0 Å². The van der Waals surface area contributed by atoms with Gasteiger partial charge in [-0.2, -0.15) is 0 Å². The number of aryl methyl sites for hydroxylation is 1. The minimum absolute atomic E-state index is 0.0291. The summed E-state index contributed by atoms with van der Waals surface area (Å²) in [6.45, 7) is 4.91. The number of hydrogen-bond acceptors (Lipinski definition) is 3. The first-order valence-corrected chi connectivity index (χ1v) is 5.93. The lowest BCUT2D eigenvalue weighted by Crippen LogP contribution is -2.45. The molecule has 1 amide bonds. The number of carbonyl (C=O) groups excluding carboxylic acids is 1. The summed E-state index contributed by atoms with van der Waals surface area (Å²) in [5.74, 6) is -0.0291. The molecular weight excluding hydrogens is 216 g/mol. The first-order valence-electron chi connectivity index (χ1n) is 5.93. The first-order chi connectivity index (χ1) is 7.99. The highest BCUT2D eigenvalue weighted by molar-refractivity contribution is 5.93. The van der Waals surface area contributed by atoms with Crippen LogP contribution in [0.1, 0.15) is 35.8 Å². The van der Waals surface area contributed by atoms with Crippen LogP contribution >= 0.6 is 0 Å². The Hall–Kier alpha value is -1.42. The van der Waals surface area contributed by atoms with E-state index in [4.69, 9.17) is 0 Å². The van der Waals surface area contributed by atoms with Crippen molar-refractivity contribution in [1.82, 2.24) is 9.88 Å². The molecule has 2 rings (SSSR count). The van der Waals surface area contributed by atoms with Gasteiger partial charge in [-0.25, -0.2) is 0 Å². The highest BCUT2D eigenvalue weighted by Crippen LogP contribution is 2.22. The second kappa shape index (κ2) is 4.45. The summed E-state index contributed by atoms with van der Waals surface area (Å²) in [5.41, 5.74) is 0.791. The van der Waals surface area contributed by atoms with E-state index in [2.05, 4.69) is 4.98 Å². The Kier molecular flexibility index (Phi) is 3.15. The summed E-state index contributed by atoms with van der Waals surface area (Å²) in [5, 5.41) is 9.85. The molecule has 0 saturated carbocycles. The van der Waals surface area contributed by atoms with E-state index in [-0.39, 0.29) is 5.91 Å². The molecule has 0 bridgehead atoms. The lowest BCUT2D eigenvalue weighted by molar-refractivity contribution is -0.00221. The van der Waals surface area contributed by atoms with Crippen LogP contribution in [0.15, 0.2) is 18.3 Å². The van der Waals surface area contributed by atoms with Gasteiger partial charge in [-0.05, 0) is 38.3 Å². The predicted octanol–water partition coefficient (Wildman–Crippen LogP) is 1.38. The lowest BCUT2D eigenvalue weighted by Gasteiger charge is -2.35. The maximum absolute atomic E-state index is 12.2. The van der Waals surface area contributed by atoms with E-state index in [1.165, 1.54) is 0 Å². The van der Waals surface area contributed by atoms with E-state index in [0.29, 0.717) is 31.6 Å². The third-order valence-electron chi connectivity index (χ3n) is 3.34. The lowest BCUT2D eigenvalue weighted by atomic mass is 9.93. The van der Waals surface area contributed by atoms with Gasteiger partial charge in [-0.15, -0.1) is 0 Å². The molecule has 0 spiro atoms. The number of hydrogen-bond donors (Lipinski definition) is 1. The zero-order chi connectivity index (χ0) is 12.5. The summed E-state index contributed by atoms with van der Waals surface area (Å²) in [6.07, 6.45) is 2.90. The highest BCUT2D eigenvalue weighted by Gasteiger charge is 2.30. The molecule has 0 unspecified atom stereocenters. The zero-order valence-electron chi connectivity index (χ0n) is 10.3. The topological polar surface area (TPSA) is 53.4 Å². The normalized spacial score (nSPS) is 19.1. The molecule has 17 heavy (non-hydrogen) atoms. The number of rotatable bonds is 1. The minimum atomic E-state index is -0.629. The monoisotopic (exact) mass is 234 g/mol. The molecule has 4 heteroatoms. The molecule has 1 aromatic rings. The molecule has 0 aliphatic carbocycles. The van der Waals surface area contributed by atoms with Crippen LogP contribution in [0.3, 0.4) is 0 Å². The van der Waals surface area contributed by atoms with Crippen molar-refractivity contribution >= 4 is 5.91 Å². The van der Waals surface area contributed by atoms with Crippen LogP contribution in [0.25, 0.3) is 0 Å². The fourth-order valence-electron chi connectivity index (χ4n) is 2.05. The van der Waals surface area contributed by atoms with Gasteiger partial charge in [-0.1, -0.05) is 6.07 Å². The van der Waals surface area contributed by atoms with Crippen LogP contribution in [0.4, 0.5) is 0 Å². The number of nitrogens with zero attached hydrogens (tertiary/aromatic N) is 2. The summed E-state index contributed by atoms with van der Waals surface area (Å²) in [7, 11) is 0. The number of piperidine rings is 1. The SMILES string of the molecule is Cc1cccnc1C(=O)N1CCC(C)(O)CC1. The van der Waals surface area contributed by atoms with Gasteiger partial charge in [-0.3, -0.25) is 9.78 Å². The van der Waals surface area contributed by atoms with Crippen LogP contribution in [-0.4, -0.2) is 39.6 Å². The average molecular weight is 234 g/mol. The van der Waals surface area contributed by atoms with E-state index in [1.54, 1.807) is 11.1 Å². The summed E-state index contributed by atoms with van der Waals surface area (Å²) < 4.78 is 0. The van der Waals surface area contributed by atoms with Gasteiger partial charge in [0.1, 0.15) is 5.69 Å². The van der Waals surface area contributed by atoms with Crippen molar-refractivity contribution in [2.24, 2.45) is 0 Å². The Bertz CT molecular complexity index is 419. The van der Waals surface area contributed by atoms with Crippen molar-refractivity contribution < 1.29 is 9.90 Å². The van der Waals surface area contributed by atoms with Crippen LogP contribution in [0.2, 0.25) is 0 Å². The summed E-state index contributed by atoms with van der Waals surface area (Å²) in [6, 6.07) is 3.72. The highest BCUT2D eigenvalue weighted by atomic mass is 16.3. The molecule has 0 atom stereocenters. The van der Waals surface area contributed by atoms with E-state index >= 15 is 0 Å². The van der Waals surface area contributed by atoms with Crippen LogP contribution in [-0.2, 0) is 0 Å². The molecule has 4 nitrogen and oxygen atoms in total. The van der Waals surface area contributed by atoms with Crippen LogP contribution < -0.4 is 0 Å². The second-order valence-electron chi connectivity index (χ2n) is 4.96. The fraction of sp³-hybridized carbons (Fsp3) is 0.538. The molecular formula is C13H18N2O2. The van der Waals surface area contributed by atoms with Crippen molar-refractivity contribution in [3.63, 3.8) is 0 Å². The van der Waals surface area contributed by atoms with Gasteiger partial charge < -0.3 is 10.0 Å². The largest absolute Gasteiger partial charge is 0.390 e. The van der Waals surface area contributed by atoms with Crippen molar-refractivity contribution in [2.75, 3.05) is 13.1 Å². The first kappa shape index (κ1) is 12.0. The molecule has 1 aliphatic rings. The molecule has 1 N–H and O–H groups in total. The van der Waals surface area contributed by atoms with Crippen LogP contribution in [0.5, 0.6) is 0 Å². The molecule has 0 aromatic carbocycles. The van der Waals surface area contributed by atoms with Gasteiger partial charge in [0.2, 0.25) is 0 Å². The van der Waals surface area contributed by atoms with E-state index in [1.807, 2.05) is 26.0 Å². The van der Waals surface area contributed by atoms with E-state index in [0.717, 1.165) is 5.56 Å². The smallest absolute Gasteiger partial charge is 0.272 e. The number of aliphatic hydroxyl groups is 1. The molecule has 0 radical (unpaired) electrons. The minimum Gasteiger partial charge on any atom is -0.390 e. The number of aromatic nitrogens is 1. The molecule has 1 aliphatic heterocycles. The zero-order valence-corrected chi connectivity index (χ0v) is 10.3. The standard InChI is InChI=1S/C13H18N2O2/c1-10-4-3-7-14-11(10)12(16)15-8-5-13(2,17)6-9-15/h3-4,7,17H,5-6,8-9H2,1-2H3. The van der Waals surface area contributed by atoms with Gasteiger partial charge in [0.25, 0.3) is 5.91 Å². The van der Waals surface area contributed by atoms with Gasteiger partial charge in [0.05, 0.1) is 5.60 Å². The number of amides is 1. The summed E-state index contributed by atoms with van der Waals surface area (Å²) >= 11 is 0. The van der Waals surface area contributed by atoms with Gasteiger partial charge in [0, 0.05) is 19.3 Å². The Morgan fingerprint density at radius 3 is 2.71 bits per heavy atom. The van der Waals surface area contributed by atoms with E-state index in [9.17, 15) is 9.90 Å². The number of likely N-dealkylation sites (tertiary alicyclic amines) is 1. The fourth-order valence-corrected chi connectivity index (χ4v) is 2.05. The van der Waals surface area contributed by atoms with Crippen molar-refractivity contribution in [2.45, 2.75) is 32.3 Å². The molecule has 2 heterocycles. The van der Waals surface area contributed by atoms with Crippen LogP contribution in [0, 0.1) is 6.92 Å².